The highest BCUT2D eigenvalue weighted by Gasteiger charge is 2.45. The van der Waals surface area contributed by atoms with Crippen LogP contribution in [0.5, 0.6) is 0 Å². The molecule has 0 aromatic carbocycles. The molecule has 84 valence electrons. The molecule has 0 amide bonds. The van der Waals surface area contributed by atoms with Gasteiger partial charge in [0.1, 0.15) is 5.60 Å². The Labute approximate surface area is 91.7 Å². The van der Waals surface area contributed by atoms with Crippen LogP contribution in [0, 0.1) is 5.92 Å². The first-order chi connectivity index (χ1) is 7.27. The number of ether oxygens (including phenoxy) is 1. The van der Waals surface area contributed by atoms with Gasteiger partial charge in [-0.2, -0.15) is 0 Å². The Bertz CT molecular complexity index is 245. The summed E-state index contributed by atoms with van der Waals surface area (Å²) in [5.74, 6) is 0.382. The highest BCUT2D eigenvalue weighted by molar-refractivity contribution is 5.81. The molecule has 2 saturated carbocycles. The number of hydrogen-bond acceptors (Lipinski definition) is 2. The summed E-state index contributed by atoms with van der Waals surface area (Å²) >= 11 is 0. The van der Waals surface area contributed by atoms with Gasteiger partial charge in [-0.15, -0.1) is 0 Å². The third-order valence-electron chi connectivity index (χ3n) is 4.02. The summed E-state index contributed by atoms with van der Waals surface area (Å²) in [4.78, 5) is 11.4. The van der Waals surface area contributed by atoms with Gasteiger partial charge in [-0.05, 0) is 44.4 Å². The van der Waals surface area contributed by atoms with Crippen LogP contribution in [0.15, 0.2) is 12.7 Å². The van der Waals surface area contributed by atoms with Gasteiger partial charge in [-0.3, -0.25) is 0 Å². The van der Waals surface area contributed by atoms with Crippen molar-refractivity contribution in [1.29, 1.82) is 0 Å². The van der Waals surface area contributed by atoms with E-state index in [-0.39, 0.29) is 11.6 Å². The Hall–Kier alpha value is -0.790. The number of carbonyl (C=O) groups excluding carboxylic acids is 1. The molecule has 2 heteroatoms. The van der Waals surface area contributed by atoms with Gasteiger partial charge < -0.3 is 4.74 Å². The maximum atomic E-state index is 11.4. The molecule has 0 aromatic rings. The van der Waals surface area contributed by atoms with Gasteiger partial charge in [-0.1, -0.05) is 19.4 Å². The molecule has 0 bridgehead atoms. The Morgan fingerprint density at radius 1 is 1.20 bits per heavy atom. The molecule has 2 aliphatic rings. The third-order valence-corrected chi connectivity index (χ3v) is 4.02. The first-order valence-corrected chi connectivity index (χ1v) is 6.12. The largest absolute Gasteiger partial charge is 0.456 e. The van der Waals surface area contributed by atoms with Crippen LogP contribution in [-0.4, -0.2) is 11.6 Å². The van der Waals surface area contributed by atoms with Crippen molar-refractivity contribution in [2.45, 2.75) is 57.0 Å². The molecule has 0 spiro atoms. The highest BCUT2D eigenvalue weighted by Crippen LogP contribution is 2.46. The predicted molar refractivity (Wildman–Crippen MR) is 59.4 cm³/mol. The lowest BCUT2D eigenvalue weighted by atomic mass is 9.84. The van der Waals surface area contributed by atoms with E-state index >= 15 is 0 Å². The topological polar surface area (TPSA) is 26.3 Å². The molecule has 0 heterocycles. The monoisotopic (exact) mass is 208 g/mol. The molecule has 2 rings (SSSR count). The second-order valence-corrected chi connectivity index (χ2v) is 4.88. The fourth-order valence-electron chi connectivity index (χ4n) is 3.26. The predicted octanol–water partition coefficient (Wildman–Crippen LogP) is 3.22. The normalized spacial score (nSPS) is 25.3. The van der Waals surface area contributed by atoms with Crippen LogP contribution in [-0.2, 0) is 9.53 Å². The Kier molecular flexibility index (Phi) is 3.13. The minimum atomic E-state index is -0.233. The molecule has 0 radical (unpaired) electrons. The van der Waals surface area contributed by atoms with E-state index in [1.54, 1.807) is 0 Å². The zero-order chi connectivity index (χ0) is 10.7. The van der Waals surface area contributed by atoms with Crippen molar-refractivity contribution in [3.8, 4) is 0 Å². The first kappa shape index (κ1) is 10.7. The average Bonchev–Trinajstić information content (AvgIpc) is 2.87. The van der Waals surface area contributed by atoms with Gasteiger partial charge in [0.2, 0.25) is 0 Å². The smallest absolute Gasteiger partial charge is 0.330 e. The molecule has 15 heavy (non-hydrogen) atoms. The molecule has 0 aliphatic heterocycles. The number of carbonyl (C=O) groups is 1. The van der Waals surface area contributed by atoms with Crippen molar-refractivity contribution >= 4 is 5.97 Å². The number of hydrogen-bond donors (Lipinski definition) is 0. The van der Waals surface area contributed by atoms with Crippen LogP contribution >= 0.6 is 0 Å². The van der Waals surface area contributed by atoms with Crippen LogP contribution in [0.4, 0.5) is 0 Å². The summed E-state index contributed by atoms with van der Waals surface area (Å²) in [7, 11) is 0. The van der Waals surface area contributed by atoms with Gasteiger partial charge in [0, 0.05) is 6.08 Å². The molecule has 2 nitrogen and oxygen atoms in total. The number of rotatable bonds is 3. The SMILES string of the molecule is C=CC(=O)OC1(C2CCCC2)CCCC1. The van der Waals surface area contributed by atoms with Crippen LogP contribution in [0.25, 0.3) is 0 Å². The molecule has 0 saturated heterocycles. The Morgan fingerprint density at radius 3 is 2.33 bits per heavy atom. The fraction of sp³-hybridized carbons (Fsp3) is 0.769. The summed E-state index contributed by atoms with van der Waals surface area (Å²) in [6.07, 6.45) is 10.9. The molecule has 0 aromatic heterocycles. The third kappa shape index (κ3) is 2.09. The van der Waals surface area contributed by atoms with Crippen LogP contribution in [0.2, 0.25) is 0 Å². The second-order valence-electron chi connectivity index (χ2n) is 4.88. The molecule has 2 aliphatic carbocycles. The van der Waals surface area contributed by atoms with Gasteiger partial charge in [0.05, 0.1) is 0 Å². The maximum Gasteiger partial charge on any atom is 0.330 e. The molecular weight excluding hydrogens is 188 g/mol. The molecule has 2 fully saturated rings. The quantitative estimate of drug-likeness (QED) is 0.526. The van der Waals surface area contributed by atoms with E-state index in [0.717, 1.165) is 12.8 Å². The summed E-state index contributed by atoms with van der Waals surface area (Å²) in [5, 5.41) is 0. The summed E-state index contributed by atoms with van der Waals surface area (Å²) < 4.78 is 5.68. The Morgan fingerprint density at radius 2 is 1.80 bits per heavy atom. The average molecular weight is 208 g/mol. The fourth-order valence-corrected chi connectivity index (χ4v) is 3.26. The summed E-state index contributed by atoms with van der Waals surface area (Å²) in [6.45, 7) is 3.49. The van der Waals surface area contributed by atoms with Gasteiger partial charge in [0.15, 0.2) is 0 Å². The number of esters is 1. The van der Waals surface area contributed by atoms with Crippen LogP contribution in [0.3, 0.4) is 0 Å². The first-order valence-electron chi connectivity index (χ1n) is 6.12. The zero-order valence-electron chi connectivity index (χ0n) is 9.34. The molecule has 0 atom stereocenters. The van der Waals surface area contributed by atoms with Gasteiger partial charge >= 0.3 is 5.97 Å². The van der Waals surface area contributed by atoms with Crippen LogP contribution < -0.4 is 0 Å². The van der Waals surface area contributed by atoms with E-state index in [9.17, 15) is 4.79 Å². The lowest BCUT2D eigenvalue weighted by molar-refractivity contribution is -0.159. The van der Waals surface area contributed by atoms with E-state index < -0.39 is 0 Å². The highest BCUT2D eigenvalue weighted by atomic mass is 16.6. The zero-order valence-corrected chi connectivity index (χ0v) is 9.34. The standard InChI is InChI=1S/C13H20O2/c1-2-12(14)15-13(9-5-6-10-13)11-7-3-4-8-11/h2,11H,1,3-10H2. The van der Waals surface area contributed by atoms with Crippen molar-refractivity contribution < 1.29 is 9.53 Å². The van der Waals surface area contributed by atoms with Crippen molar-refractivity contribution in [3.63, 3.8) is 0 Å². The van der Waals surface area contributed by atoms with Gasteiger partial charge in [-0.25, -0.2) is 4.79 Å². The molecular formula is C13H20O2. The molecule has 0 unspecified atom stereocenters. The van der Waals surface area contributed by atoms with E-state index in [1.165, 1.54) is 44.6 Å². The van der Waals surface area contributed by atoms with Crippen molar-refractivity contribution in [1.82, 2.24) is 0 Å². The van der Waals surface area contributed by atoms with Crippen molar-refractivity contribution in [3.05, 3.63) is 12.7 Å². The van der Waals surface area contributed by atoms with Crippen LogP contribution in [0.1, 0.15) is 51.4 Å². The lowest BCUT2D eigenvalue weighted by Crippen LogP contribution is -2.38. The summed E-state index contributed by atoms with van der Waals surface area (Å²) in [6, 6.07) is 0. The van der Waals surface area contributed by atoms with Crippen molar-refractivity contribution in [2.75, 3.05) is 0 Å². The van der Waals surface area contributed by atoms with E-state index in [1.807, 2.05) is 0 Å². The van der Waals surface area contributed by atoms with E-state index in [4.69, 9.17) is 4.74 Å². The maximum absolute atomic E-state index is 11.4. The van der Waals surface area contributed by atoms with Crippen molar-refractivity contribution in [2.24, 2.45) is 5.92 Å². The minimum Gasteiger partial charge on any atom is -0.456 e. The lowest BCUT2D eigenvalue weighted by Gasteiger charge is -2.34. The van der Waals surface area contributed by atoms with E-state index in [0.29, 0.717) is 5.92 Å². The Balaban J connectivity index is 2.08. The van der Waals surface area contributed by atoms with Gasteiger partial charge in [0.25, 0.3) is 0 Å². The summed E-state index contributed by atoms with van der Waals surface area (Å²) in [5.41, 5.74) is -0.123. The second kappa shape index (κ2) is 4.38. The minimum absolute atomic E-state index is 0.123. The van der Waals surface area contributed by atoms with E-state index in [2.05, 4.69) is 6.58 Å². The molecule has 0 N–H and O–H groups in total.